The van der Waals surface area contributed by atoms with Crippen molar-refractivity contribution in [2.45, 2.75) is 24.2 Å². The Morgan fingerprint density at radius 2 is 1.67 bits per heavy atom. The summed E-state index contributed by atoms with van der Waals surface area (Å²) in [6.45, 7) is 0.814. The van der Waals surface area contributed by atoms with Crippen LogP contribution < -0.4 is 4.74 Å². The third-order valence-corrected chi connectivity index (χ3v) is 6.33. The molecule has 0 spiro atoms. The van der Waals surface area contributed by atoms with Crippen molar-refractivity contribution >= 4 is 29.5 Å². The molecule has 3 rings (SSSR count). The normalized spacial score (nSPS) is 15.0. The number of benzene rings is 1. The number of hydrogen-bond acceptors (Lipinski definition) is 6. The minimum Gasteiger partial charge on any atom is -0.489 e. The van der Waals surface area contributed by atoms with Crippen LogP contribution in [0.4, 0.5) is 0 Å². The predicted molar refractivity (Wildman–Crippen MR) is 98.1 cm³/mol. The molecule has 126 valence electrons. The summed E-state index contributed by atoms with van der Waals surface area (Å²) in [7, 11) is 0. The molecule has 0 aliphatic carbocycles. The lowest BCUT2D eigenvalue weighted by Crippen LogP contribution is -2.20. The molecule has 24 heavy (non-hydrogen) atoms. The number of hydrogen-bond donors (Lipinski definition) is 0. The first-order chi connectivity index (χ1) is 11.8. The van der Waals surface area contributed by atoms with Crippen molar-refractivity contribution in [2.24, 2.45) is 0 Å². The Morgan fingerprint density at radius 3 is 2.38 bits per heavy atom. The largest absolute Gasteiger partial charge is 0.489 e. The summed E-state index contributed by atoms with van der Waals surface area (Å²) in [5.41, 5.74) is 2.04. The monoisotopic (exact) mass is 361 g/mol. The fourth-order valence-electron chi connectivity index (χ4n) is 2.17. The fraction of sp³-hybridized carbons (Fsp3) is 0.333. The van der Waals surface area contributed by atoms with Crippen molar-refractivity contribution < 1.29 is 14.3 Å². The summed E-state index contributed by atoms with van der Waals surface area (Å²) in [5, 5.41) is 0. The number of nitrogens with zero attached hydrogens (tertiary/aromatic N) is 1. The minimum absolute atomic E-state index is 0.0679. The zero-order valence-electron chi connectivity index (χ0n) is 13.2. The lowest BCUT2D eigenvalue weighted by atomic mass is 10.2. The molecule has 0 N–H and O–H groups in total. The van der Waals surface area contributed by atoms with Crippen molar-refractivity contribution in [1.29, 1.82) is 0 Å². The van der Waals surface area contributed by atoms with Crippen LogP contribution in [0.25, 0.3) is 0 Å². The quantitative estimate of drug-likeness (QED) is 0.727. The molecule has 0 saturated carbocycles. The molecule has 0 bridgehead atoms. The third kappa shape index (κ3) is 5.18. The van der Waals surface area contributed by atoms with Crippen LogP contribution in [0.1, 0.15) is 17.5 Å². The van der Waals surface area contributed by atoms with E-state index >= 15 is 0 Å². The van der Waals surface area contributed by atoms with Gasteiger partial charge < -0.3 is 9.47 Å². The van der Waals surface area contributed by atoms with E-state index in [2.05, 4.69) is 4.98 Å². The maximum Gasteiger partial charge on any atom is 0.329 e. The molecular weight excluding hydrogens is 342 g/mol. The van der Waals surface area contributed by atoms with Gasteiger partial charge in [0.05, 0.1) is 0 Å². The molecule has 2 heterocycles. The van der Waals surface area contributed by atoms with Gasteiger partial charge in [0.15, 0.2) is 0 Å². The summed E-state index contributed by atoms with van der Waals surface area (Å²) in [6, 6.07) is 11.5. The van der Waals surface area contributed by atoms with Crippen molar-refractivity contribution in [3.63, 3.8) is 0 Å². The zero-order chi connectivity index (χ0) is 16.6. The second-order valence-corrected chi connectivity index (χ2v) is 8.05. The molecule has 1 fully saturated rings. The number of carbonyl (C=O) groups is 1. The van der Waals surface area contributed by atoms with E-state index in [1.165, 1.54) is 6.42 Å². The van der Waals surface area contributed by atoms with E-state index in [0.29, 0.717) is 13.2 Å². The first-order valence-electron chi connectivity index (χ1n) is 7.82. The number of rotatable bonds is 6. The Hall–Kier alpha value is -1.66. The van der Waals surface area contributed by atoms with E-state index in [1.807, 2.05) is 36.4 Å². The Bertz CT molecular complexity index is 643. The third-order valence-electron chi connectivity index (χ3n) is 3.48. The van der Waals surface area contributed by atoms with Gasteiger partial charge in [0, 0.05) is 12.4 Å². The molecule has 1 aliphatic heterocycles. The van der Waals surface area contributed by atoms with Gasteiger partial charge >= 0.3 is 5.97 Å². The molecule has 4 nitrogen and oxygen atoms in total. The highest BCUT2D eigenvalue weighted by Crippen LogP contribution is 2.31. The van der Waals surface area contributed by atoms with Crippen LogP contribution in [-0.2, 0) is 22.7 Å². The van der Waals surface area contributed by atoms with E-state index in [-0.39, 0.29) is 10.6 Å². The molecule has 6 heteroatoms. The van der Waals surface area contributed by atoms with Crippen LogP contribution in [0, 0.1) is 0 Å². The van der Waals surface area contributed by atoms with Gasteiger partial charge in [-0.2, -0.15) is 0 Å². The Kier molecular flexibility index (Phi) is 6.43. The number of ether oxygens (including phenoxy) is 2. The second-order valence-electron chi connectivity index (χ2n) is 5.32. The van der Waals surface area contributed by atoms with Crippen molar-refractivity contribution in [2.75, 3.05) is 11.5 Å². The molecule has 2 aromatic rings. The Morgan fingerprint density at radius 1 is 1.00 bits per heavy atom. The van der Waals surface area contributed by atoms with Gasteiger partial charge in [0.2, 0.25) is 0 Å². The van der Waals surface area contributed by atoms with Crippen LogP contribution in [-0.4, -0.2) is 27.0 Å². The van der Waals surface area contributed by atoms with Crippen molar-refractivity contribution in [1.82, 2.24) is 4.98 Å². The molecular formula is C18H19NO3S2. The van der Waals surface area contributed by atoms with Gasteiger partial charge in [-0.3, -0.25) is 4.98 Å². The zero-order valence-corrected chi connectivity index (χ0v) is 14.9. The average Bonchev–Trinajstić information content (AvgIpc) is 2.67. The average molecular weight is 361 g/mol. The Balaban J connectivity index is 1.45. The highest BCUT2D eigenvalue weighted by atomic mass is 32.2. The second kappa shape index (κ2) is 8.99. The molecule has 0 amide bonds. The SMILES string of the molecule is O=C(OCc1ccc(OCc2ccncc2)cc1)C1SCCCS1. The molecule has 0 atom stereocenters. The molecule has 1 aromatic heterocycles. The predicted octanol–water partition coefficient (Wildman–Crippen LogP) is 3.90. The molecule has 0 unspecified atom stereocenters. The smallest absolute Gasteiger partial charge is 0.329 e. The highest BCUT2D eigenvalue weighted by molar-refractivity contribution is 8.18. The number of thioether (sulfide) groups is 2. The standard InChI is InChI=1S/C18H19NO3S2/c20-17(18-23-10-1-11-24-18)22-13-14-2-4-16(5-3-14)21-12-15-6-8-19-9-7-15/h2-9,18H,1,10-13H2. The van der Waals surface area contributed by atoms with E-state index in [1.54, 1.807) is 35.9 Å². The molecule has 1 aromatic carbocycles. The maximum atomic E-state index is 12.0. The molecule has 1 aliphatic rings. The molecule has 0 radical (unpaired) electrons. The number of aromatic nitrogens is 1. The Labute approximate surface area is 150 Å². The summed E-state index contributed by atoms with van der Waals surface area (Å²) < 4.78 is 11.1. The van der Waals surface area contributed by atoms with Gasteiger partial charge in [0.25, 0.3) is 0 Å². The van der Waals surface area contributed by atoms with Crippen LogP contribution in [0.5, 0.6) is 5.75 Å². The number of carbonyl (C=O) groups excluding carboxylic acids is 1. The van der Waals surface area contributed by atoms with Crippen LogP contribution >= 0.6 is 23.5 Å². The van der Waals surface area contributed by atoms with Crippen LogP contribution in [0.2, 0.25) is 0 Å². The maximum absolute atomic E-state index is 12.0. The van der Waals surface area contributed by atoms with Crippen molar-refractivity contribution in [3.05, 3.63) is 59.9 Å². The minimum atomic E-state index is -0.122. The summed E-state index contributed by atoms with van der Waals surface area (Å²) >= 11 is 3.35. The lowest BCUT2D eigenvalue weighted by Gasteiger charge is -2.19. The van der Waals surface area contributed by atoms with Gasteiger partial charge in [-0.25, -0.2) is 4.79 Å². The fourth-order valence-corrected chi connectivity index (χ4v) is 4.78. The lowest BCUT2D eigenvalue weighted by molar-refractivity contribution is -0.142. The topological polar surface area (TPSA) is 48.4 Å². The van der Waals surface area contributed by atoms with Crippen LogP contribution in [0.15, 0.2) is 48.8 Å². The highest BCUT2D eigenvalue weighted by Gasteiger charge is 2.23. The van der Waals surface area contributed by atoms with Crippen LogP contribution in [0.3, 0.4) is 0 Å². The van der Waals surface area contributed by atoms with E-state index < -0.39 is 0 Å². The van der Waals surface area contributed by atoms with Crippen molar-refractivity contribution in [3.8, 4) is 5.75 Å². The summed E-state index contributed by atoms with van der Waals surface area (Å²) in [6.07, 6.45) is 4.66. The van der Waals surface area contributed by atoms with Gasteiger partial charge in [0.1, 0.15) is 23.5 Å². The van der Waals surface area contributed by atoms with E-state index in [0.717, 1.165) is 28.4 Å². The number of pyridine rings is 1. The summed E-state index contributed by atoms with van der Waals surface area (Å²) in [4.78, 5) is 16.0. The van der Waals surface area contributed by atoms with E-state index in [9.17, 15) is 4.79 Å². The molecule has 1 saturated heterocycles. The number of esters is 1. The van der Waals surface area contributed by atoms with Gasteiger partial charge in [-0.1, -0.05) is 12.1 Å². The van der Waals surface area contributed by atoms with Gasteiger partial charge in [-0.15, -0.1) is 23.5 Å². The van der Waals surface area contributed by atoms with Gasteiger partial charge in [-0.05, 0) is 53.3 Å². The first-order valence-corrected chi connectivity index (χ1v) is 9.91. The first kappa shape index (κ1) is 17.2. The summed E-state index contributed by atoms with van der Waals surface area (Å²) in [5.74, 6) is 2.75. The van der Waals surface area contributed by atoms with E-state index in [4.69, 9.17) is 9.47 Å².